The smallest absolute Gasteiger partial charge is 0.391 e. The van der Waals surface area contributed by atoms with Gasteiger partial charge in [-0.05, 0) is 18.4 Å². The van der Waals surface area contributed by atoms with Crippen molar-refractivity contribution in [2.75, 3.05) is 6.61 Å². The van der Waals surface area contributed by atoms with Gasteiger partial charge in [0, 0.05) is 12.6 Å². The van der Waals surface area contributed by atoms with Gasteiger partial charge in [-0.25, -0.2) is 0 Å². The SMILES string of the molecule is N[C@H](C[C@H](CCO)C(F)(F)F)c1ccccc1. The van der Waals surface area contributed by atoms with E-state index in [0.717, 1.165) is 0 Å². The lowest BCUT2D eigenvalue weighted by Gasteiger charge is -2.23. The van der Waals surface area contributed by atoms with Crippen molar-refractivity contribution in [1.82, 2.24) is 0 Å². The molecule has 0 aliphatic carbocycles. The van der Waals surface area contributed by atoms with Gasteiger partial charge >= 0.3 is 6.18 Å². The number of hydrogen-bond acceptors (Lipinski definition) is 2. The van der Waals surface area contributed by atoms with Crippen molar-refractivity contribution in [2.24, 2.45) is 11.7 Å². The molecule has 1 aromatic rings. The summed E-state index contributed by atoms with van der Waals surface area (Å²) >= 11 is 0. The molecule has 1 rings (SSSR count). The summed E-state index contributed by atoms with van der Waals surface area (Å²) in [7, 11) is 0. The topological polar surface area (TPSA) is 46.2 Å². The van der Waals surface area contributed by atoms with Gasteiger partial charge in [-0.2, -0.15) is 13.2 Å². The summed E-state index contributed by atoms with van der Waals surface area (Å²) in [6.45, 7) is -0.480. The number of rotatable bonds is 5. The first-order valence-corrected chi connectivity index (χ1v) is 5.43. The van der Waals surface area contributed by atoms with Crippen molar-refractivity contribution in [3.63, 3.8) is 0 Å². The lowest BCUT2D eigenvalue weighted by Crippen LogP contribution is -2.28. The minimum absolute atomic E-state index is 0.200. The molecule has 3 N–H and O–H groups in total. The van der Waals surface area contributed by atoms with E-state index >= 15 is 0 Å². The van der Waals surface area contributed by atoms with Gasteiger partial charge in [0.25, 0.3) is 0 Å². The molecule has 0 fully saturated rings. The Labute approximate surface area is 98.3 Å². The molecular weight excluding hydrogens is 231 g/mol. The molecule has 0 aliphatic rings. The zero-order chi connectivity index (χ0) is 12.9. The van der Waals surface area contributed by atoms with Crippen molar-refractivity contribution < 1.29 is 18.3 Å². The lowest BCUT2D eigenvalue weighted by atomic mass is 9.93. The summed E-state index contributed by atoms with van der Waals surface area (Å²) in [6, 6.07) is 8.02. The monoisotopic (exact) mass is 247 g/mol. The second-order valence-corrected chi connectivity index (χ2v) is 4.00. The van der Waals surface area contributed by atoms with Crippen LogP contribution in [-0.2, 0) is 0 Å². The van der Waals surface area contributed by atoms with E-state index in [1.165, 1.54) is 0 Å². The molecule has 0 bridgehead atoms. The molecule has 17 heavy (non-hydrogen) atoms. The maximum Gasteiger partial charge on any atom is 0.391 e. The maximum atomic E-state index is 12.6. The number of nitrogens with two attached hydrogens (primary N) is 1. The third-order valence-electron chi connectivity index (χ3n) is 2.71. The van der Waals surface area contributed by atoms with E-state index in [4.69, 9.17) is 10.8 Å². The predicted octanol–water partition coefficient (Wildman–Crippen LogP) is 2.64. The van der Waals surface area contributed by atoms with E-state index < -0.39 is 24.7 Å². The molecule has 0 saturated heterocycles. The Kier molecular flexibility index (Phi) is 4.96. The highest BCUT2D eigenvalue weighted by molar-refractivity contribution is 5.18. The Balaban J connectivity index is 2.68. The van der Waals surface area contributed by atoms with E-state index in [1.54, 1.807) is 30.3 Å². The summed E-state index contributed by atoms with van der Waals surface area (Å²) in [6.07, 6.45) is -4.81. The van der Waals surface area contributed by atoms with Gasteiger partial charge in [0.05, 0.1) is 5.92 Å². The van der Waals surface area contributed by atoms with Crippen LogP contribution in [0.4, 0.5) is 13.2 Å². The third-order valence-corrected chi connectivity index (χ3v) is 2.71. The summed E-state index contributed by atoms with van der Waals surface area (Å²) in [5.74, 6) is -1.55. The number of benzene rings is 1. The molecule has 0 aromatic heterocycles. The molecule has 0 radical (unpaired) electrons. The molecule has 0 aliphatic heterocycles. The average Bonchev–Trinajstić information content (AvgIpc) is 2.28. The van der Waals surface area contributed by atoms with Crippen molar-refractivity contribution >= 4 is 0 Å². The van der Waals surface area contributed by atoms with Crippen LogP contribution in [-0.4, -0.2) is 17.9 Å². The second kappa shape index (κ2) is 6.02. The Morgan fingerprint density at radius 2 is 1.76 bits per heavy atom. The van der Waals surface area contributed by atoms with Gasteiger partial charge in [-0.1, -0.05) is 30.3 Å². The van der Waals surface area contributed by atoms with E-state index in [1.807, 2.05) is 0 Å². The fourth-order valence-corrected chi connectivity index (χ4v) is 1.71. The Bertz CT molecular complexity index is 326. The van der Waals surface area contributed by atoms with Crippen LogP contribution >= 0.6 is 0 Å². The summed E-state index contributed by atoms with van der Waals surface area (Å²) in [4.78, 5) is 0. The quantitative estimate of drug-likeness (QED) is 0.840. The molecule has 0 saturated carbocycles. The minimum Gasteiger partial charge on any atom is -0.396 e. The number of hydrogen-bond donors (Lipinski definition) is 2. The van der Waals surface area contributed by atoms with Crippen LogP contribution in [0.25, 0.3) is 0 Å². The molecule has 2 atom stereocenters. The second-order valence-electron chi connectivity index (χ2n) is 4.00. The van der Waals surface area contributed by atoms with Crippen LogP contribution in [0.3, 0.4) is 0 Å². The highest BCUT2D eigenvalue weighted by atomic mass is 19.4. The van der Waals surface area contributed by atoms with Crippen molar-refractivity contribution in [3.8, 4) is 0 Å². The van der Waals surface area contributed by atoms with Crippen molar-refractivity contribution in [3.05, 3.63) is 35.9 Å². The standard InChI is InChI=1S/C12H16F3NO/c13-12(14,15)10(6-7-17)8-11(16)9-4-2-1-3-5-9/h1-5,10-11,17H,6-8,16H2/t10-,11+/m0/s1. The van der Waals surface area contributed by atoms with E-state index in [-0.39, 0.29) is 12.8 Å². The Morgan fingerprint density at radius 1 is 1.18 bits per heavy atom. The zero-order valence-corrected chi connectivity index (χ0v) is 9.32. The molecular formula is C12H16F3NO. The molecule has 5 heteroatoms. The average molecular weight is 247 g/mol. The first kappa shape index (κ1) is 14.0. The van der Waals surface area contributed by atoms with Crippen LogP contribution in [0.2, 0.25) is 0 Å². The van der Waals surface area contributed by atoms with Gasteiger partial charge in [-0.15, -0.1) is 0 Å². The van der Waals surface area contributed by atoms with Crippen LogP contribution < -0.4 is 5.73 Å². The van der Waals surface area contributed by atoms with Gasteiger partial charge in [0.15, 0.2) is 0 Å². The zero-order valence-electron chi connectivity index (χ0n) is 9.32. The van der Waals surface area contributed by atoms with Gasteiger partial charge in [0.1, 0.15) is 0 Å². The normalized spacial score (nSPS) is 15.6. The van der Waals surface area contributed by atoms with Crippen LogP contribution in [0.1, 0.15) is 24.4 Å². The molecule has 1 aromatic carbocycles. The van der Waals surface area contributed by atoms with Crippen LogP contribution in [0.5, 0.6) is 0 Å². The third kappa shape index (κ3) is 4.36. The molecule has 2 nitrogen and oxygen atoms in total. The highest BCUT2D eigenvalue weighted by Gasteiger charge is 2.39. The van der Waals surface area contributed by atoms with E-state index in [9.17, 15) is 13.2 Å². The summed E-state index contributed by atoms with van der Waals surface area (Å²) in [5.41, 5.74) is 6.42. The van der Waals surface area contributed by atoms with Gasteiger partial charge in [-0.3, -0.25) is 0 Å². The first-order chi connectivity index (χ1) is 7.95. The summed E-state index contributed by atoms with van der Waals surface area (Å²) in [5, 5.41) is 8.64. The largest absolute Gasteiger partial charge is 0.396 e. The minimum atomic E-state index is -4.31. The Hall–Kier alpha value is -1.07. The van der Waals surface area contributed by atoms with Crippen molar-refractivity contribution in [1.29, 1.82) is 0 Å². The Morgan fingerprint density at radius 3 is 2.24 bits per heavy atom. The van der Waals surface area contributed by atoms with Crippen LogP contribution in [0, 0.1) is 5.92 Å². The first-order valence-electron chi connectivity index (χ1n) is 5.43. The molecule has 0 heterocycles. The maximum absolute atomic E-state index is 12.6. The summed E-state index contributed by atoms with van der Waals surface area (Å²) < 4.78 is 37.8. The van der Waals surface area contributed by atoms with Crippen LogP contribution in [0.15, 0.2) is 30.3 Å². The predicted molar refractivity (Wildman–Crippen MR) is 59.2 cm³/mol. The fourth-order valence-electron chi connectivity index (χ4n) is 1.71. The number of aliphatic hydroxyl groups is 1. The highest BCUT2D eigenvalue weighted by Crippen LogP contribution is 2.34. The van der Waals surface area contributed by atoms with E-state index in [0.29, 0.717) is 5.56 Å². The molecule has 0 amide bonds. The molecule has 0 spiro atoms. The number of alkyl halides is 3. The van der Waals surface area contributed by atoms with E-state index in [2.05, 4.69) is 0 Å². The fraction of sp³-hybridized carbons (Fsp3) is 0.500. The van der Waals surface area contributed by atoms with Crippen molar-refractivity contribution in [2.45, 2.75) is 25.1 Å². The number of halogens is 3. The number of aliphatic hydroxyl groups excluding tert-OH is 1. The molecule has 96 valence electrons. The molecule has 0 unspecified atom stereocenters. The van der Waals surface area contributed by atoms with Gasteiger partial charge < -0.3 is 10.8 Å². The lowest BCUT2D eigenvalue weighted by molar-refractivity contribution is -0.181. The van der Waals surface area contributed by atoms with Gasteiger partial charge in [0.2, 0.25) is 0 Å².